The predicted molar refractivity (Wildman–Crippen MR) is 92.5 cm³/mol. The van der Waals surface area contributed by atoms with Crippen molar-refractivity contribution >= 4 is 21.4 Å². The van der Waals surface area contributed by atoms with Gasteiger partial charge in [-0.3, -0.25) is 0 Å². The van der Waals surface area contributed by atoms with Crippen molar-refractivity contribution in [3.63, 3.8) is 0 Å². The van der Waals surface area contributed by atoms with E-state index in [0.717, 1.165) is 0 Å². The molecule has 0 aliphatic heterocycles. The molecule has 0 spiro atoms. The van der Waals surface area contributed by atoms with Crippen LogP contribution in [-0.2, 0) is 16.0 Å². The van der Waals surface area contributed by atoms with Crippen molar-refractivity contribution in [2.45, 2.75) is 11.1 Å². The van der Waals surface area contributed by atoms with Gasteiger partial charge in [-0.05, 0) is 24.3 Å². The number of nitrogens with one attached hydrogen (secondary N) is 1. The Morgan fingerprint density at radius 2 is 1.75 bits per heavy atom. The van der Waals surface area contributed by atoms with E-state index in [9.17, 15) is 30.4 Å². The Morgan fingerprint density at radius 1 is 1.07 bits per heavy atom. The van der Waals surface area contributed by atoms with Crippen LogP contribution in [0.2, 0.25) is 5.02 Å². The zero-order chi connectivity index (χ0) is 20.9. The zero-order valence-electron chi connectivity index (χ0n) is 13.9. The van der Waals surface area contributed by atoms with Crippen LogP contribution in [0.25, 0.3) is 22.5 Å². The van der Waals surface area contributed by atoms with E-state index in [0.29, 0.717) is 18.4 Å². The van der Waals surface area contributed by atoms with Gasteiger partial charge in [0.05, 0.1) is 11.4 Å². The van der Waals surface area contributed by atoms with Crippen LogP contribution in [-0.4, -0.2) is 24.6 Å². The molecule has 0 fully saturated rings. The van der Waals surface area contributed by atoms with Crippen molar-refractivity contribution in [1.29, 1.82) is 0 Å². The van der Waals surface area contributed by atoms with Crippen molar-refractivity contribution in [3.05, 3.63) is 58.9 Å². The van der Waals surface area contributed by atoms with E-state index >= 15 is 0 Å². The van der Waals surface area contributed by atoms with Crippen molar-refractivity contribution < 1.29 is 30.4 Å². The Bertz CT molecular complexity index is 1170. The van der Waals surface area contributed by atoms with Crippen LogP contribution in [0.3, 0.4) is 0 Å². The normalized spacial score (nSPS) is 12.4. The van der Waals surface area contributed by atoms with Gasteiger partial charge in [-0.25, -0.2) is 22.2 Å². The van der Waals surface area contributed by atoms with Crippen molar-refractivity contribution in [3.8, 4) is 22.5 Å². The third-order valence-electron chi connectivity index (χ3n) is 3.76. The number of aromatic nitrogens is 2. The molecule has 28 heavy (non-hydrogen) atoms. The van der Waals surface area contributed by atoms with Crippen LogP contribution < -0.4 is 0 Å². The minimum Gasteiger partial charge on any atom is -0.334 e. The number of hydrogen-bond donors (Lipinski definition) is 1. The first-order chi connectivity index (χ1) is 12.9. The highest BCUT2D eigenvalue weighted by Crippen LogP contribution is 2.38. The second kappa shape index (κ2) is 6.85. The molecule has 0 unspecified atom stereocenters. The molecule has 3 rings (SSSR count). The Hall–Kier alpha value is -2.46. The predicted octanol–water partition coefficient (Wildman–Crippen LogP) is 5.10. The number of benzene rings is 2. The summed E-state index contributed by atoms with van der Waals surface area (Å²) >= 11 is 5.86. The van der Waals surface area contributed by atoms with Crippen LogP contribution >= 0.6 is 11.6 Å². The molecule has 0 saturated carbocycles. The second-order valence-electron chi connectivity index (χ2n) is 5.85. The summed E-state index contributed by atoms with van der Waals surface area (Å²) in [4.78, 5) is 4.50. The molecule has 4 nitrogen and oxygen atoms in total. The van der Waals surface area contributed by atoms with E-state index in [-0.39, 0.29) is 16.3 Å². The molecule has 0 amide bonds. The molecule has 0 bridgehead atoms. The lowest BCUT2D eigenvalue weighted by molar-refractivity contribution is -0.144. The summed E-state index contributed by atoms with van der Waals surface area (Å²) in [7, 11) is -4.08. The molecule has 1 aromatic heterocycles. The number of nitrogens with zero attached hydrogens (tertiary/aromatic N) is 1. The molecule has 1 heterocycles. The first kappa shape index (κ1) is 20.3. The minimum atomic E-state index is -4.88. The quantitative estimate of drug-likeness (QED) is 0.581. The fourth-order valence-corrected chi connectivity index (χ4v) is 3.47. The minimum absolute atomic E-state index is 0.126. The summed E-state index contributed by atoms with van der Waals surface area (Å²) in [6.45, 7) is 0. The third kappa shape index (κ3) is 3.88. The maximum atomic E-state index is 14.5. The molecule has 1 N–H and O–H groups in total. The number of rotatable bonds is 3. The molecule has 148 valence electrons. The van der Waals surface area contributed by atoms with Gasteiger partial charge in [-0.2, -0.15) is 13.2 Å². The topological polar surface area (TPSA) is 62.8 Å². The van der Waals surface area contributed by atoms with Crippen molar-refractivity contribution in [2.75, 3.05) is 6.26 Å². The van der Waals surface area contributed by atoms with Crippen LogP contribution in [0.4, 0.5) is 22.0 Å². The lowest BCUT2D eigenvalue weighted by Crippen LogP contribution is -2.07. The standard InChI is InChI=1S/C17H10ClF5N2O2S/c1-28(26,27)13-7-11(19)10(6-12(13)20)15-14(8-3-2-4-9(18)5-8)24-16(25-15)17(21,22)23/h2-7H,1H3,(H,24,25). The van der Waals surface area contributed by atoms with Gasteiger partial charge in [0.1, 0.15) is 16.5 Å². The molecule has 3 aromatic rings. The summed E-state index contributed by atoms with van der Waals surface area (Å²) in [5, 5.41) is 0.194. The summed E-state index contributed by atoms with van der Waals surface area (Å²) in [5.74, 6) is -3.97. The smallest absolute Gasteiger partial charge is 0.334 e. The van der Waals surface area contributed by atoms with Crippen molar-refractivity contribution in [1.82, 2.24) is 9.97 Å². The van der Waals surface area contributed by atoms with Gasteiger partial charge in [0, 0.05) is 22.4 Å². The number of hydrogen-bond acceptors (Lipinski definition) is 3. The van der Waals surface area contributed by atoms with Crippen LogP contribution in [0.15, 0.2) is 41.3 Å². The molecular weight excluding hydrogens is 427 g/mol. The van der Waals surface area contributed by atoms with Crippen LogP contribution in [0, 0.1) is 11.6 Å². The molecular formula is C17H10ClF5N2O2S. The molecule has 11 heteroatoms. The van der Waals surface area contributed by atoms with Crippen LogP contribution in [0.1, 0.15) is 5.82 Å². The van der Waals surface area contributed by atoms with Gasteiger partial charge in [-0.1, -0.05) is 23.7 Å². The van der Waals surface area contributed by atoms with E-state index in [2.05, 4.69) is 4.98 Å². The Balaban J connectivity index is 2.30. The van der Waals surface area contributed by atoms with E-state index in [1.54, 1.807) is 0 Å². The van der Waals surface area contributed by atoms with Gasteiger partial charge in [0.2, 0.25) is 5.82 Å². The van der Waals surface area contributed by atoms with E-state index in [1.165, 1.54) is 24.3 Å². The number of alkyl halides is 3. The van der Waals surface area contributed by atoms with Gasteiger partial charge in [0.15, 0.2) is 9.84 Å². The van der Waals surface area contributed by atoms with Gasteiger partial charge < -0.3 is 4.98 Å². The average Bonchev–Trinajstić information content (AvgIpc) is 3.01. The average molecular weight is 437 g/mol. The first-order valence-electron chi connectivity index (χ1n) is 7.50. The summed E-state index contributed by atoms with van der Waals surface area (Å²) in [5.41, 5.74) is -1.27. The molecule has 0 saturated heterocycles. The highest BCUT2D eigenvalue weighted by molar-refractivity contribution is 7.90. The number of aromatic amines is 1. The van der Waals surface area contributed by atoms with Crippen molar-refractivity contribution in [2.24, 2.45) is 0 Å². The number of halogens is 6. The first-order valence-corrected chi connectivity index (χ1v) is 9.77. The summed E-state index contributed by atoms with van der Waals surface area (Å²) in [6.07, 6.45) is -4.20. The Labute approximate surface area is 160 Å². The maximum absolute atomic E-state index is 14.5. The van der Waals surface area contributed by atoms with Gasteiger partial charge >= 0.3 is 6.18 Å². The van der Waals surface area contributed by atoms with Crippen LogP contribution in [0.5, 0.6) is 0 Å². The zero-order valence-corrected chi connectivity index (χ0v) is 15.5. The Morgan fingerprint density at radius 3 is 2.32 bits per heavy atom. The van der Waals surface area contributed by atoms with E-state index in [1.807, 2.05) is 4.98 Å². The SMILES string of the molecule is CS(=O)(=O)c1cc(F)c(-c2[nH]c(C(F)(F)F)nc2-c2cccc(Cl)c2)cc1F. The Kier molecular flexibility index (Phi) is 4.96. The third-order valence-corrected chi connectivity index (χ3v) is 5.11. The van der Waals surface area contributed by atoms with Gasteiger partial charge in [0.25, 0.3) is 0 Å². The monoisotopic (exact) mass is 436 g/mol. The van der Waals surface area contributed by atoms with E-state index in [4.69, 9.17) is 11.6 Å². The molecule has 2 aromatic carbocycles. The largest absolute Gasteiger partial charge is 0.449 e. The lowest BCUT2D eigenvalue weighted by Gasteiger charge is -2.08. The summed E-state index contributed by atoms with van der Waals surface area (Å²) in [6, 6.07) is 6.55. The van der Waals surface area contributed by atoms with Gasteiger partial charge in [-0.15, -0.1) is 0 Å². The molecule has 0 aliphatic rings. The van der Waals surface area contributed by atoms with E-state index < -0.39 is 49.6 Å². The molecule has 0 atom stereocenters. The fraction of sp³-hybridized carbons (Fsp3) is 0.118. The fourth-order valence-electron chi connectivity index (χ4n) is 2.55. The molecule has 0 radical (unpaired) electrons. The number of sulfone groups is 1. The highest BCUT2D eigenvalue weighted by atomic mass is 35.5. The lowest BCUT2D eigenvalue weighted by atomic mass is 10.0. The number of H-pyrrole nitrogens is 1. The number of imidazole rings is 1. The molecule has 0 aliphatic carbocycles. The maximum Gasteiger partial charge on any atom is 0.449 e. The highest BCUT2D eigenvalue weighted by Gasteiger charge is 2.36. The second-order valence-corrected chi connectivity index (χ2v) is 8.27. The summed E-state index contributed by atoms with van der Waals surface area (Å²) < 4.78 is 91.2.